The van der Waals surface area contributed by atoms with Crippen LogP contribution in [0.3, 0.4) is 0 Å². The van der Waals surface area contributed by atoms with Crippen molar-refractivity contribution in [2.24, 2.45) is 11.0 Å². The van der Waals surface area contributed by atoms with Crippen LogP contribution in [0.5, 0.6) is 0 Å². The van der Waals surface area contributed by atoms with Gasteiger partial charge >= 0.3 is 0 Å². The molecule has 6 heteroatoms. The molecule has 2 aromatic heterocycles. The van der Waals surface area contributed by atoms with Gasteiger partial charge in [0.15, 0.2) is 0 Å². The Morgan fingerprint density at radius 3 is 3.10 bits per heavy atom. The largest absolute Gasteiger partial charge is 0.298 e. The topological polar surface area (TPSA) is 59.3 Å². The smallest absolute Gasteiger partial charge is 0.240 e. The molecule has 1 aliphatic rings. The summed E-state index contributed by atoms with van der Waals surface area (Å²) in [6, 6.07) is 4.11. The van der Waals surface area contributed by atoms with Gasteiger partial charge in [-0.05, 0) is 24.3 Å². The number of rotatable bonds is 3. The van der Waals surface area contributed by atoms with Gasteiger partial charge in [0.1, 0.15) is 5.00 Å². The van der Waals surface area contributed by atoms with Crippen molar-refractivity contribution in [3.63, 3.8) is 0 Å². The second-order valence-corrected chi connectivity index (χ2v) is 5.75. The van der Waals surface area contributed by atoms with Crippen LogP contribution < -0.4 is 5.43 Å². The molecule has 0 bridgehead atoms. The highest BCUT2D eigenvalue weighted by Crippen LogP contribution is 2.22. The Hall–Kier alpha value is -2.21. The molecule has 0 radical (unpaired) electrons. The van der Waals surface area contributed by atoms with Crippen molar-refractivity contribution in [2.75, 3.05) is 0 Å². The minimum Gasteiger partial charge on any atom is -0.298 e. The van der Waals surface area contributed by atoms with Crippen LogP contribution in [0, 0.1) is 5.92 Å². The number of allylic oxidation sites excluding steroid dienone is 1. The van der Waals surface area contributed by atoms with Gasteiger partial charge in [-0.1, -0.05) is 6.92 Å². The van der Waals surface area contributed by atoms with Gasteiger partial charge in [-0.25, -0.2) is 10.4 Å². The van der Waals surface area contributed by atoms with Gasteiger partial charge in [-0.2, -0.15) is 5.10 Å². The van der Waals surface area contributed by atoms with E-state index in [-0.39, 0.29) is 11.8 Å². The Morgan fingerprint density at radius 2 is 2.35 bits per heavy atom. The first-order valence-corrected chi connectivity index (χ1v) is 7.17. The highest BCUT2D eigenvalue weighted by atomic mass is 32.1. The highest BCUT2D eigenvalue weighted by molar-refractivity contribution is 7.15. The molecule has 0 aliphatic carbocycles. The van der Waals surface area contributed by atoms with E-state index < -0.39 is 0 Å². The average molecular weight is 286 g/mol. The third kappa shape index (κ3) is 2.70. The first-order chi connectivity index (χ1) is 9.72. The number of nitrogens with one attached hydrogen (secondary N) is 1. The van der Waals surface area contributed by atoms with Gasteiger partial charge < -0.3 is 0 Å². The maximum Gasteiger partial charge on any atom is 0.240 e. The SMILES string of the molecule is CC1CC(=O)NN=C1C=Cc1ccc(-n2ccnc2)s1. The van der Waals surface area contributed by atoms with Crippen LogP contribution in [0.15, 0.2) is 42.0 Å². The first kappa shape index (κ1) is 12.8. The number of aromatic nitrogens is 2. The molecule has 1 unspecified atom stereocenters. The van der Waals surface area contributed by atoms with Crippen molar-refractivity contribution in [2.45, 2.75) is 13.3 Å². The van der Waals surface area contributed by atoms with Crippen molar-refractivity contribution in [3.05, 3.63) is 41.8 Å². The van der Waals surface area contributed by atoms with E-state index in [9.17, 15) is 4.79 Å². The molecule has 1 N–H and O–H groups in total. The van der Waals surface area contributed by atoms with Crippen LogP contribution in [0.4, 0.5) is 0 Å². The molecule has 1 atom stereocenters. The Morgan fingerprint density at radius 1 is 1.45 bits per heavy atom. The van der Waals surface area contributed by atoms with Crippen LogP contribution in [-0.2, 0) is 4.79 Å². The van der Waals surface area contributed by atoms with E-state index in [2.05, 4.69) is 27.6 Å². The van der Waals surface area contributed by atoms with E-state index in [1.807, 2.05) is 29.8 Å². The van der Waals surface area contributed by atoms with Gasteiger partial charge in [0, 0.05) is 29.6 Å². The van der Waals surface area contributed by atoms with Crippen LogP contribution in [0.1, 0.15) is 18.2 Å². The van der Waals surface area contributed by atoms with E-state index in [0.29, 0.717) is 6.42 Å². The standard InChI is InChI=1S/C14H14N4OS/c1-10-8-13(19)17-16-12(10)4-2-11-3-5-14(20-11)18-7-6-15-9-18/h2-7,9-10H,8H2,1H3,(H,17,19). The number of carbonyl (C=O) groups is 1. The fourth-order valence-corrected chi connectivity index (χ4v) is 2.86. The number of amides is 1. The Bertz CT molecular complexity index is 669. The molecule has 3 heterocycles. The van der Waals surface area contributed by atoms with Gasteiger partial charge in [-0.3, -0.25) is 9.36 Å². The van der Waals surface area contributed by atoms with Crippen molar-refractivity contribution in [1.82, 2.24) is 15.0 Å². The Balaban J connectivity index is 1.75. The number of imidazole rings is 1. The Labute approximate surface area is 120 Å². The summed E-state index contributed by atoms with van der Waals surface area (Å²) in [5, 5.41) is 5.20. The molecule has 2 aromatic rings. The van der Waals surface area contributed by atoms with Crippen LogP contribution in [0.2, 0.25) is 0 Å². The predicted molar refractivity (Wildman–Crippen MR) is 79.8 cm³/mol. The van der Waals surface area contributed by atoms with E-state index in [0.717, 1.165) is 15.6 Å². The zero-order valence-electron chi connectivity index (χ0n) is 11.0. The molecule has 0 fully saturated rings. The fourth-order valence-electron chi connectivity index (χ4n) is 1.99. The van der Waals surface area contributed by atoms with E-state index in [1.54, 1.807) is 23.9 Å². The second-order valence-electron chi connectivity index (χ2n) is 4.66. The lowest BCUT2D eigenvalue weighted by atomic mass is 10.00. The van der Waals surface area contributed by atoms with E-state index >= 15 is 0 Å². The normalized spacial score (nSPS) is 19.1. The monoisotopic (exact) mass is 286 g/mol. The number of hydrogen-bond acceptors (Lipinski definition) is 4. The maximum absolute atomic E-state index is 11.2. The third-order valence-corrected chi connectivity index (χ3v) is 4.16. The molecule has 1 aliphatic heterocycles. The van der Waals surface area contributed by atoms with Crippen molar-refractivity contribution >= 4 is 29.0 Å². The zero-order chi connectivity index (χ0) is 13.9. The van der Waals surface area contributed by atoms with Crippen LogP contribution in [-0.4, -0.2) is 21.2 Å². The average Bonchev–Trinajstić information content (AvgIpc) is 3.08. The minimum absolute atomic E-state index is 0.0202. The molecule has 20 heavy (non-hydrogen) atoms. The number of carbonyl (C=O) groups excluding carboxylic acids is 1. The van der Waals surface area contributed by atoms with E-state index in [1.165, 1.54) is 0 Å². The van der Waals surface area contributed by atoms with Gasteiger partial charge in [0.25, 0.3) is 0 Å². The molecule has 0 spiro atoms. The third-order valence-electron chi connectivity index (χ3n) is 3.10. The molecular formula is C14H14N4OS. The molecule has 0 aromatic carbocycles. The summed E-state index contributed by atoms with van der Waals surface area (Å²) in [5.41, 5.74) is 3.42. The zero-order valence-corrected chi connectivity index (χ0v) is 11.8. The summed E-state index contributed by atoms with van der Waals surface area (Å²) in [5.74, 6) is 0.140. The summed E-state index contributed by atoms with van der Waals surface area (Å²) in [7, 11) is 0. The lowest BCUT2D eigenvalue weighted by Crippen LogP contribution is -2.30. The lowest BCUT2D eigenvalue weighted by molar-refractivity contribution is -0.121. The molecule has 1 amide bonds. The summed E-state index contributed by atoms with van der Waals surface area (Å²) < 4.78 is 1.98. The number of thiophene rings is 1. The number of hydrogen-bond donors (Lipinski definition) is 1. The highest BCUT2D eigenvalue weighted by Gasteiger charge is 2.17. The quantitative estimate of drug-likeness (QED) is 0.942. The summed E-state index contributed by atoms with van der Waals surface area (Å²) in [4.78, 5) is 16.4. The molecule has 3 rings (SSSR count). The molecular weight excluding hydrogens is 272 g/mol. The van der Waals surface area contributed by atoms with E-state index in [4.69, 9.17) is 0 Å². The number of nitrogens with zero attached hydrogens (tertiary/aromatic N) is 3. The predicted octanol–water partition coefficient (Wildman–Crippen LogP) is 2.46. The van der Waals surface area contributed by atoms with Crippen molar-refractivity contribution in [3.8, 4) is 5.00 Å². The van der Waals surface area contributed by atoms with Crippen LogP contribution in [0.25, 0.3) is 11.1 Å². The van der Waals surface area contributed by atoms with Crippen molar-refractivity contribution < 1.29 is 4.79 Å². The second kappa shape index (κ2) is 5.42. The summed E-state index contributed by atoms with van der Waals surface area (Å²) >= 11 is 1.67. The Kier molecular flexibility index (Phi) is 3.47. The number of hydrazone groups is 1. The van der Waals surface area contributed by atoms with Crippen molar-refractivity contribution in [1.29, 1.82) is 0 Å². The molecule has 5 nitrogen and oxygen atoms in total. The fraction of sp³-hybridized carbons (Fsp3) is 0.214. The lowest BCUT2D eigenvalue weighted by Gasteiger charge is -2.15. The maximum atomic E-state index is 11.2. The minimum atomic E-state index is -0.0202. The summed E-state index contributed by atoms with van der Waals surface area (Å²) in [6.07, 6.45) is 9.94. The summed E-state index contributed by atoms with van der Waals surface area (Å²) in [6.45, 7) is 2.01. The molecule has 102 valence electrons. The molecule has 0 saturated heterocycles. The van der Waals surface area contributed by atoms with Crippen LogP contribution >= 0.6 is 11.3 Å². The van der Waals surface area contributed by atoms with Gasteiger partial charge in [-0.15, -0.1) is 11.3 Å². The first-order valence-electron chi connectivity index (χ1n) is 6.35. The van der Waals surface area contributed by atoms with Gasteiger partial charge in [0.05, 0.1) is 12.0 Å². The van der Waals surface area contributed by atoms with Gasteiger partial charge in [0.2, 0.25) is 5.91 Å². The molecule has 0 saturated carbocycles.